The first-order valence-electron chi connectivity index (χ1n) is 12.4. The fourth-order valence-electron chi connectivity index (χ4n) is 5.10. The summed E-state index contributed by atoms with van der Waals surface area (Å²) < 4.78 is 11.9. The Balaban J connectivity index is 1.42. The molecule has 5 aromatic rings. The monoisotopic (exact) mass is 486 g/mol. The average molecular weight is 487 g/mol. The molecule has 2 N–H and O–H groups in total. The lowest BCUT2D eigenvalue weighted by Gasteiger charge is -2.19. The van der Waals surface area contributed by atoms with E-state index in [4.69, 9.17) is 15.2 Å². The van der Waals surface area contributed by atoms with Crippen molar-refractivity contribution in [2.75, 3.05) is 12.3 Å². The van der Waals surface area contributed by atoms with Crippen molar-refractivity contribution in [1.82, 2.24) is 4.98 Å². The second-order valence-electron chi connectivity index (χ2n) is 9.11. The third kappa shape index (κ3) is 4.19. The van der Waals surface area contributed by atoms with Crippen LogP contribution in [0.15, 0.2) is 97.2 Å². The molecule has 0 aliphatic heterocycles. The highest BCUT2D eigenvalue weighted by molar-refractivity contribution is 5.94. The molecule has 0 radical (unpaired) electrons. The van der Waals surface area contributed by atoms with E-state index in [9.17, 15) is 4.79 Å². The van der Waals surface area contributed by atoms with Gasteiger partial charge < -0.3 is 15.2 Å². The molecular weight excluding hydrogens is 460 g/mol. The fourth-order valence-corrected chi connectivity index (χ4v) is 5.10. The van der Waals surface area contributed by atoms with E-state index < -0.39 is 0 Å². The molecule has 4 aromatic carbocycles. The van der Waals surface area contributed by atoms with Gasteiger partial charge in [-0.25, -0.2) is 4.98 Å². The molecule has 1 aromatic heterocycles. The van der Waals surface area contributed by atoms with Gasteiger partial charge in [0, 0.05) is 28.3 Å². The van der Waals surface area contributed by atoms with E-state index >= 15 is 0 Å². The predicted octanol–water partition coefficient (Wildman–Crippen LogP) is 6.74. The molecule has 5 heteroatoms. The highest BCUT2D eigenvalue weighted by Gasteiger charge is 2.31. The fraction of sp³-hybridized carbons (Fsp3) is 0.125. The Morgan fingerprint density at radius 3 is 2.51 bits per heavy atom. The van der Waals surface area contributed by atoms with Crippen molar-refractivity contribution in [3.63, 3.8) is 0 Å². The smallest absolute Gasteiger partial charge is 0.310 e. The minimum atomic E-state index is -0.304. The molecule has 0 spiro atoms. The topological polar surface area (TPSA) is 74.4 Å². The molecule has 0 amide bonds. The summed E-state index contributed by atoms with van der Waals surface area (Å²) in [6.07, 6.45) is 1.59. The number of carbonyl (C=O) groups is 1. The Bertz CT molecular complexity index is 1640. The zero-order valence-electron chi connectivity index (χ0n) is 20.5. The number of pyridine rings is 1. The van der Waals surface area contributed by atoms with Crippen LogP contribution in [0, 0.1) is 0 Å². The number of hydrogen-bond acceptors (Lipinski definition) is 5. The number of hydrogen-bond donors (Lipinski definition) is 1. The van der Waals surface area contributed by atoms with Crippen LogP contribution in [0.3, 0.4) is 0 Å². The zero-order valence-corrected chi connectivity index (χ0v) is 20.5. The molecule has 1 heterocycles. The van der Waals surface area contributed by atoms with E-state index in [1.165, 1.54) is 0 Å². The highest BCUT2D eigenvalue weighted by Crippen LogP contribution is 2.47. The van der Waals surface area contributed by atoms with Crippen LogP contribution < -0.4 is 10.5 Å². The summed E-state index contributed by atoms with van der Waals surface area (Å²) in [6.45, 7) is 2.16. The summed E-state index contributed by atoms with van der Waals surface area (Å²) in [5.41, 5.74) is 13.6. The number of fused-ring (bicyclic) bond motifs is 4. The maximum Gasteiger partial charge on any atom is 0.310 e. The normalized spacial score (nSPS) is 13.7. The minimum Gasteiger partial charge on any atom is -0.481 e. The first kappa shape index (κ1) is 22.8. The molecule has 6 rings (SSSR count). The minimum absolute atomic E-state index is 0.165. The molecule has 182 valence electrons. The van der Waals surface area contributed by atoms with Crippen LogP contribution in [-0.4, -0.2) is 17.6 Å². The molecule has 1 aliphatic carbocycles. The first-order valence-corrected chi connectivity index (χ1v) is 12.4. The second-order valence-corrected chi connectivity index (χ2v) is 9.11. The maximum absolute atomic E-state index is 12.2. The first-order chi connectivity index (χ1) is 18.1. The number of esters is 1. The van der Waals surface area contributed by atoms with Gasteiger partial charge in [-0.3, -0.25) is 4.79 Å². The quantitative estimate of drug-likeness (QED) is 0.269. The molecule has 1 atom stereocenters. The van der Waals surface area contributed by atoms with Crippen molar-refractivity contribution in [2.45, 2.75) is 19.4 Å². The molecular formula is C32H26N2O3. The van der Waals surface area contributed by atoms with E-state index in [1.807, 2.05) is 49.4 Å². The van der Waals surface area contributed by atoms with Gasteiger partial charge in [-0.1, -0.05) is 66.7 Å². The average Bonchev–Trinajstić information content (AvgIpc) is 3.23. The van der Waals surface area contributed by atoms with Crippen LogP contribution in [0.5, 0.6) is 5.75 Å². The number of anilines is 1. The summed E-state index contributed by atoms with van der Waals surface area (Å²) in [5, 5.41) is 1.99. The highest BCUT2D eigenvalue weighted by atomic mass is 16.5. The van der Waals surface area contributed by atoms with Crippen molar-refractivity contribution >= 4 is 22.6 Å². The summed E-state index contributed by atoms with van der Waals surface area (Å²) in [5.74, 6) is 0.934. The van der Waals surface area contributed by atoms with E-state index in [2.05, 4.69) is 53.5 Å². The molecule has 0 saturated carbocycles. The van der Waals surface area contributed by atoms with E-state index in [1.54, 1.807) is 6.20 Å². The lowest BCUT2D eigenvalue weighted by molar-refractivity contribution is -0.142. The third-order valence-corrected chi connectivity index (χ3v) is 6.86. The number of para-hydroxylation sites is 1. The lowest BCUT2D eigenvalue weighted by Crippen LogP contribution is -2.11. The van der Waals surface area contributed by atoms with Gasteiger partial charge >= 0.3 is 5.97 Å². The van der Waals surface area contributed by atoms with Gasteiger partial charge in [0.25, 0.3) is 0 Å². The van der Waals surface area contributed by atoms with Crippen molar-refractivity contribution in [1.29, 1.82) is 0 Å². The molecule has 0 saturated heterocycles. The van der Waals surface area contributed by atoms with Crippen molar-refractivity contribution in [3.8, 4) is 28.0 Å². The van der Waals surface area contributed by atoms with Gasteiger partial charge in [-0.2, -0.15) is 0 Å². The number of carbonyl (C=O) groups excluding carboxylic acids is 1. The van der Waals surface area contributed by atoms with Gasteiger partial charge in [0.2, 0.25) is 0 Å². The Kier molecular flexibility index (Phi) is 5.81. The zero-order chi connectivity index (χ0) is 25.4. The Morgan fingerprint density at radius 2 is 1.62 bits per heavy atom. The third-order valence-electron chi connectivity index (χ3n) is 6.86. The summed E-state index contributed by atoms with van der Waals surface area (Å²) >= 11 is 0. The van der Waals surface area contributed by atoms with Crippen LogP contribution >= 0.6 is 0 Å². The number of rotatable bonds is 6. The molecule has 0 bridgehead atoms. The van der Waals surface area contributed by atoms with Crippen molar-refractivity contribution in [3.05, 3.63) is 114 Å². The number of nitrogen functional groups attached to an aromatic ring is 1. The Hall–Kier alpha value is -4.64. The van der Waals surface area contributed by atoms with Gasteiger partial charge in [0.15, 0.2) is 6.10 Å². The van der Waals surface area contributed by atoms with Gasteiger partial charge in [0.1, 0.15) is 11.6 Å². The number of aromatic nitrogens is 1. The van der Waals surface area contributed by atoms with Gasteiger partial charge in [0.05, 0.1) is 13.0 Å². The maximum atomic E-state index is 12.2. The van der Waals surface area contributed by atoms with Crippen molar-refractivity contribution in [2.24, 2.45) is 0 Å². The molecule has 0 fully saturated rings. The molecule has 1 unspecified atom stereocenters. The van der Waals surface area contributed by atoms with Crippen LogP contribution in [0.1, 0.15) is 29.7 Å². The van der Waals surface area contributed by atoms with E-state index in [-0.39, 0.29) is 18.5 Å². The summed E-state index contributed by atoms with van der Waals surface area (Å²) in [6, 6.07) is 30.7. The number of nitrogens with zero attached hydrogens (tertiary/aromatic N) is 1. The Morgan fingerprint density at radius 1 is 0.865 bits per heavy atom. The Labute approximate surface area is 215 Å². The van der Waals surface area contributed by atoms with Crippen LogP contribution in [0.25, 0.3) is 33.0 Å². The van der Waals surface area contributed by atoms with Gasteiger partial charge in [-0.05, 0) is 58.8 Å². The summed E-state index contributed by atoms with van der Waals surface area (Å²) in [4.78, 5) is 16.5. The molecule has 1 aliphatic rings. The summed E-state index contributed by atoms with van der Waals surface area (Å²) in [7, 11) is 0. The molecule has 5 nitrogen and oxygen atoms in total. The largest absolute Gasteiger partial charge is 0.481 e. The second kappa shape index (κ2) is 9.43. The van der Waals surface area contributed by atoms with Gasteiger partial charge in [-0.15, -0.1) is 0 Å². The number of ether oxygens (including phenoxy) is 2. The van der Waals surface area contributed by atoms with Crippen LogP contribution in [0.2, 0.25) is 0 Å². The SMILES string of the molecule is CCOC(=O)Cc1ccccc1OC1c2ccccc2-c2ccc(-c3ccc4ccnc(N)c4c3)cc21. The van der Waals surface area contributed by atoms with E-state index in [0.29, 0.717) is 18.2 Å². The van der Waals surface area contributed by atoms with Crippen molar-refractivity contribution < 1.29 is 14.3 Å². The van der Waals surface area contributed by atoms with Crippen LogP contribution in [0.4, 0.5) is 5.82 Å². The predicted molar refractivity (Wildman–Crippen MR) is 146 cm³/mol. The van der Waals surface area contributed by atoms with Crippen LogP contribution in [-0.2, 0) is 16.0 Å². The standard InChI is InChI=1S/C32H26N2O3/c1-2-36-30(35)19-23-7-3-6-10-29(23)37-31-26-9-5-4-8-24(26)25-14-13-22(18-28(25)31)21-12-11-20-15-16-34-32(33)27(20)17-21/h3-18,31H,2,19H2,1H3,(H2,33,34). The lowest BCUT2D eigenvalue weighted by atomic mass is 9.97. The molecule has 37 heavy (non-hydrogen) atoms. The number of benzene rings is 4. The van der Waals surface area contributed by atoms with E-state index in [0.717, 1.165) is 49.7 Å². The number of nitrogens with two attached hydrogens (primary N) is 1.